The number of aryl methyl sites for hydroxylation is 1. The fraction of sp³-hybridized carbons (Fsp3) is 0.467. The van der Waals surface area contributed by atoms with E-state index in [9.17, 15) is 5.11 Å². The molecule has 0 amide bonds. The molecule has 2 rings (SSSR count). The Labute approximate surface area is 119 Å². The topological polar surface area (TPSA) is 60.2 Å². The summed E-state index contributed by atoms with van der Waals surface area (Å²) in [5.74, 6) is 0.785. The lowest BCUT2D eigenvalue weighted by molar-refractivity contribution is 0.277. The largest absolute Gasteiger partial charge is 0.497 e. The molecule has 0 atom stereocenters. The number of benzene rings is 1. The number of hydrogen-bond donors (Lipinski definition) is 1. The van der Waals surface area contributed by atoms with E-state index in [-0.39, 0.29) is 6.61 Å². The van der Waals surface area contributed by atoms with Crippen LogP contribution in [0.25, 0.3) is 11.3 Å². The van der Waals surface area contributed by atoms with Gasteiger partial charge in [-0.2, -0.15) is 0 Å². The van der Waals surface area contributed by atoms with Gasteiger partial charge in [-0.15, -0.1) is 5.10 Å². The molecule has 1 aromatic heterocycles. The smallest absolute Gasteiger partial charge is 0.119 e. The maximum Gasteiger partial charge on any atom is 0.119 e. The van der Waals surface area contributed by atoms with Crippen molar-refractivity contribution in [1.29, 1.82) is 0 Å². The van der Waals surface area contributed by atoms with Crippen molar-refractivity contribution >= 4 is 0 Å². The Morgan fingerprint density at radius 1 is 1.30 bits per heavy atom. The number of aromatic nitrogens is 3. The van der Waals surface area contributed by atoms with Gasteiger partial charge in [-0.25, -0.2) is 4.68 Å². The van der Waals surface area contributed by atoms with Gasteiger partial charge in [0.15, 0.2) is 0 Å². The Kier molecular flexibility index (Phi) is 5.12. The Hall–Kier alpha value is -1.88. The van der Waals surface area contributed by atoms with Gasteiger partial charge in [-0.05, 0) is 18.6 Å². The molecule has 1 aromatic carbocycles. The summed E-state index contributed by atoms with van der Waals surface area (Å²) < 4.78 is 7.12. The van der Waals surface area contributed by atoms with Crippen molar-refractivity contribution in [2.75, 3.05) is 7.11 Å². The van der Waals surface area contributed by atoms with Gasteiger partial charge < -0.3 is 9.84 Å². The van der Waals surface area contributed by atoms with Crippen LogP contribution in [-0.4, -0.2) is 27.2 Å². The summed E-state index contributed by atoms with van der Waals surface area (Å²) in [5.41, 5.74) is 2.45. The van der Waals surface area contributed by atoms with Crippen molar-refractivity contribution in [2.24, 2.45) is 0 Å². The van der Waals surface area contributed by atoms with E-state index in [4.69, 9.17) is 4.74 Å². The Morgan fingerprint density at radius 2 is 2.15 bits per heavy atom. The highest BCUT2D eigenvalue weighted by atomic mass is 16.5. The lowest BCUT2D eigenvalue weighted by Crippen LogP contribution is -2.03. The second-order valence-corrected chi connectivity index (χ2v) is 4.71. The van der Waals surface area contributed by atoms with Gasteiger partial charge in [-0.3, -0.25) is 0 Å². The van der Waals surface area contributed by atoms with Crippen LogP contribution in [0.3, 0.4) is 0 Å². The summed E-state index contributed by atoms with van der Waals surface area (Å²) in [5, 5.41) is 17.7. The molecule has 0 unspecified atom stereocenters. The minimum Gasteiger partial charge on any atom is -0.497 e. The SMILES string of the molecule is CCCCCn1nnc(CO)c1-c1cccc(OC)c1. The summed E-state index contributed by atoms with van der Waals surface area (Å²) >= 11 is 0. The fourth-order valence-electron chi connectivity index (χ4n) is 2.21. The van der Waals surface area contributed by atoms with Gasteiger partial charge in [0, 0.05) is 12.1 Å². The number of nitrogens with zero attached hydrogens (tertiary/aromatic N) is 3. The van der Waals surface area contributed by atoms with Crippen molar-refractivity contribution in [3.8, 4) is 17.0 Å². The normalized spacial score (nSPS) is 10.8. The lowest BCUT2D eigenvalue weighted by atomic mass is 10.1. The van der Waals surface area contributed by atoms with E-state index in [1.807, 2.05) is 28.9 Å². The van der Waals surface area contributed by atoms with E-state index in [1.165, 1.54) is 0 Å². The molecule has 0 saturated carbocycles. The van der Waals surface area contributed by atoms with Crippen LogP contribution in [-0.2, 0) is 13.2 Å². The van der Waals surface area contributed by atoms with Gasteiger partial charge >= 0.3 is 0 Å². The Balaban J connectivity index is 2.34. The molecule has 5 heteroatoms. The quantitative estimate of drug-likeness (QED) is 0.789. The van der Waals surface area contributed by atoms with E-state index in [0.29, 0.717) is 5.69 Å². The van der Waals surface area contributed by atoms with Crippen LogP contribution >= 0.6 is 0 Å². The van der Waals surface area contributed by atoms with Crippen LogP contribution in [0.2, 0.25) is 0 Å². The average molecular weight is 275 g/mol. The molecule has 0 aliphatic rings. The maximum atomic E-state index is 9.44. The van der Waals surface area contributed by atoms with E-state index in [1.54, 1.807) is 7.11 Å². The van der Waals surface area contributed by atoms with Crippen LogP contribution in [0.5, 0.6) is 5.75 Å². The Morgan fingerprint density at radius 3 is 2.85 bits per heavy atom. The lowest BCUT2D eigenvalue weighted by Gasteiger charge is -2.09. The third-order valence-electron chi connectivity index (χ3n) is 3.27. The first-order valence-electron chi connectivity index (χ1n) is 6.97. The molecular formula is C15H21N3O2. The first-order valence-corrected chi connectivity index (χ1v) is 6.97. The van der Waals surface area contributed by atoms with Gasteiger partial charge in [0.25, 0.3) is 0 Å². The molecule has 2 aromatic rings. The van der Waals surface area contributed by atoms with Gasteiger partial charge in [-0.1, -0.05) is 37.1 Å². The molecule has 0 spiro atoms. The van der Waals surface area contributed by atoms with E-state index in [2.05, 4.69) is 17.2 Å². The molecule has 0 bridgehead atoms. The molecule has 0 aliphatic carbocycles. The summed E-state index contributed by atoms with van der Waals surface area (Å²) in [6, 6.07) is 7.75. The summed E-state index contributed by atoms with van der Waals surface area (Å²) in [6.07, 6.45) is 3.38. The van der Waals surface area contributed by atoms with Crippen molar-refractivity contribution in [3.05, 3.63) is 30.0 Å². The molecule has 1 N–H and O–H groups in total. The minimum atomic E-state index is -0.111. The molecule has 5 nitrogen and oxygen atoms in total. The number of methoxy groups -OCH3 is 1. The first-order chi connectivity index (χ1) is 9.80. The zero-order valence-electron chi connectivity index (χ0n) is 12.0. The van der Waals surface area contributed by atoms with Crippen molar-refractivity contribution < 1.29 is 9.84 Å². The zero-order chi connectivity index (χ0) is 14.4. The highest BCUT2D eigenvalue weighted by molar-refractivity contribution is 5.63. The third kappa shape index (κ3) is 3.17. The first kappa shape index (κ1) is 14.5. The number of hydrogen-bond acceptors (Lipinski definition) is 4. The Bertz CT molecular complexity index is 552. The molecule has 0 radical (unpaired) electrons. The van der Waals surface area contributed by atoms with Crippen molar-refractivity contribution in [3.63, 3.8) is 0 Å². The second kappa shape index (κ2) is 7.05. The fourth-order valence-corrected chi connectivity index (χ4v) is 2.21. The molecule has 0 aliphatic heterocycles. The second-order valence-electron chi connectivity index (χ2n) is 4.71. The van der Waals surface area contributed by atoms with Gasteiger partial charge in [0.2, 0.25) is 0 Å². The maximum absolute atomic E-state index is 9.44. The van der Waals surface area contributed by atoms with E-state index < -0.39 is 0 Å². The standard InChI is InChI=1S/C15H21N3O2/c1-3-4-5-9-18-15(14(11-19)16-17-18)12-7-6-8-13(10-12)20-2/h6-8,10,19H,3-5,9,11H2,1-2H3. The number of aliphatic hydroxyl groups is 1. The van der Waals surface area contributed by atoms with Crippen LogP contribution in [0, 0.1) is 0 Å². The molecular weight excluding hydrogens is 254 g/mol. The summed E-state index contributed by atoms with van der Waals surface area (Å²) in [4.78, 5) is 0. The minimum absolute atomic E-state index is 0.111. The van der Waals surface area contributed by atoms with Crippen LogP contribution in [0.1, 0.15) is 31.9 Å². The summed E-state index contributed by atoms with van der Waals surface area (Å²) in [7, 11) is 1.64. The van der Waals surface area contributed by atoms with E-state index in [0.717, 1.165) is 42.8 Å². The van der Waals surface area contributed by atoms with E-state index >= 15 is 0 Å². The van der Waals surface area contributed by atoms with Gasteiger partial charge in [0.05, 0.1) is 19.4 Å². The number of aliphatic hydroxyl groups excluding tert-OH is 1. The molecule has 108 valence electrons. The highest BCUT2D eigenvalue weighted by Gasteiger charge is 2.14. The van der Waals surface area contributed by atoms with Crippen LogP contribution < -0.4 is 4.74 Å². The molecule has 0 fully saturated rings. The highest BCUT2D eigenvalue weighted by Crippen LogP contribution is 2.26. The molecule has 0 saturated heterocycles. The predicted octanol–water partition coefficient (Wildman–Crippen LogP) is 2.64. The van der Waals surface area contributed by atoms with Crippen LogP contribution in [0.4, 0.5) is 0 Å². The molecule has 20 heavy (non-hydrogen) atoms. The van der Waals surface area contributed by atoms with Crippen molar-refractivity contribution in [2.45, 2.75) is 39.3 Å². The molecule has 1 heterocycles. The monoisotopic (exact) mass is 275 g/mol. The number of unbranched alkanes of at least 4 members (excludes halogenated alkanes) is 2. The van der Waals surface area contributed by atoms with Gasteiger partial charge in [0.1, 0.15) is 11.4 Å². The summed E-state index contributed by atoms with van der Waals surface area (Å²) in [6.45, 7) is 2.87. The zero-order valence-corrected chi connectivity index (χ0v) is 12.0. The average Bonchev–Trinajstić information content (AvgIpc) is 2.90. The predicted molar refractivity (Wildman–Crippen MR) is 77.5 cm³/mol. The third-order valence-corrected chi connectivity index (χ3v) is 3.27. The number of ether oxygens (including phenoxy) is 1. The van der Waals surface area contributed by atoms with Crippen LogP contribution in [0.15, 0.2) is 24.3 Å². The number of rotatable bonds is 7. The van der Waals surface area contributed by atoms with Crippen molar-refractivity contribution in [1.82, 2.24) is 15.0 Å².